The second-order valence-corrected chi connectivity index (χ2v) is 8.58. The number of rotatable bonds is 3. The van der Waals surface area contributed by atoms with E-state index < -0.39 is 11.9 Å². The minimum Gasteiger partial charge on any atom is -0.439 e. The van der Waals surface area contributed by atoms with Crippen LogP contribution in [-0.2, 0) is 12.6 Å². The molecule has 1 unspecified atom stereocenters. The number of halogens is 3. The average Bonchev–Trinajstić information content (AvgIpc) is 3.38. The zero-order chi connectivity index (χ0) is 24.2. The number of fused-ring (bicyclic) bond motifs is 2. The van der Waals surface area contributed by atoms with E-state index >= 15 is 0 Å². The number of anilines is 1. The van der Waals surface area contributed by atoms with Crippen molar-refractivity contribution in [1.29, 1.82) is 0 Å². The van der Waals surface area contributed by atoms with Crippen LogP contribution in [0.25, 0.3) is 16.9 Å². The maximum Gasteiger partial charge on any atom is 0.435 e. The highest BCUT2D eigenvalue weighted by atomic mass is 19.4. The van der Waals surface area contributed by atoms with Crippen LogP contribution in [0.3, 0.4) is 0 Å². The number of oxazole rings is 1. The Balaban J connectivity index is 1.52. The smallest absolute Gasteiger partial charge is 0.435 e. The van der Waals surface area contributed by atoms with Gasteiger partial charge in [-0.3, -0.25) is 4.79 Å². The molecule has 3 aromatic heterocycles. The molecule has 1 aliphatic carbocycles. The van der Waals surface area contributed by atoms with Crippen molar-refractivity contribution in [1.82, 2.24) is 19.7 Å². The normalized spacial score (nSPS) is 16.0. The van der Waals surface area contributed by atoms with Crippen molar-refractivity contribution in [3.63, 3.8) is 0 Å². The number of nitrogens with zero attached hydrogens (tertiary/aromatic N) is 5. The molecule has 1 atom stereocenters. The highest BCUT2D eigenvalue weighted by molar-refractivity contribution is 6.06. The number of hydrogen-bond donors (Lipinski definition) is 0. The first-order chi connectivity index (χ1) is 16.1. The van der Waals surface area contributed by atoms with Gasteiger partial charge in [0.25, 0.3) is 5.91 Å². The topological polar surface area (TPSA) is 77.1 Å². The molecular formula is C24H22F3N5O2. The van der Waals surface area contributed by atoms with Crippen LogP contribution in [0.15, 0.2) is 40.9 Å². The van der Waals surface area contributed by atoms with E-state index in [-0.39, 0.29) is 17.4 Å². The van der Waals surface area contributed by atoms with E-state index in [2.05, 4.69) is 15.1 Å². The molecule has 1 amide bonds. The molecule has 0 N–H and O–H groups in total. The zero-order valence-corrected chi connectivity index (χ0v) is 18.8. The number of carbonyl (C=O) groups is 1. The summed E-state index contributed by atoms with van der Waals surface area (Å²) >= 11 is 0. The van der Waals surface area contributed by atoms with Crippen LogP contribution in [0.5, 0.6) is 0 Å². The maximum absolute atomic E-state index is 13.7. The molecule has 0 spiro atoms. The third kappa shape index (κ3) is 3.72. The molecule has 34 heavy (non-hydrogen) atoms. The van der Waals surface area contributed by atoms with Crippen LogP contribution in [0.1, 0.15) is 58.9 Å². The SMILES string of the molecule is Cc1nc2ncc(N(C)C(=O)c3cccc(-n4nc(C(F)(F)F)c5c4C(C)CCC5)c3)cc2o1. The summed E-state index contributed by atoms with van der Waals surface area (Å²) in [6.45, 7) is 3.62. The lowest BCUT2D eigenvalue weighted by molar-refractivity contribution is -0.142. The van der Waals surface area contributed by atoms with Crippen LogP contribution < -0.4 is 4.90 Å². The lowest BCUT2D eigenvalue weighted by Gasteiger charge is -2.22. The van der Waals surface area contributed by atoms with Crippen LogP contribution in [0, 0.1) is 6.92 Å². The molecule has 0 radical (unpaired) electrons. The Labute approximate surface area is 193 Å². The lowest BCUT2D eigenvalue weighted by atomic mass is 9.87. The van der Waals surface area contributed by atoms with Crippen molar-refractivity contribution in [3.05, 3.63) is 64.9 Å². The minimum absolute atomic E-state index is 0.0717. The molecule has 0 saturated heterocycles. The molecule has 5 rings (SSSR count). The van der Waals surface area contributed by atoms with Gasteiger partial charge >= 0.3 is 6.18 Å². The summed E-state index contributed by atoms with van der Waals surface area (Å²) < 4.78 is 47.9. The fourth-order valence-electron chi connectivity index (χ4n) is 4.54. The highest BCUT2D eigenvalue weighted by Gasteiger charge is 2.41. The van der Waals surface area contributed by atoms with Gasteiger partial charge in [-0.2, -0.15) is 23.3 Å². The Morgan fingerprint density at radius 1 is 1.26 bits per heavy atom. The quantitative estimate of drug-likeness (QED) is 0.399. The summed E-state index contributed by atoms with van der Waals surface area (Å²) in [6, 6.07) is 8.17. The zero-order valence-electron chi connectivity index (χ0n) is 18.8. The fourth-order valence-corrected chi connectivity index (χ4v) is 4.54. The van der Waals surface area contributed by atoms with Gasteiger partial charge in [0, 0.05) is 31.2 Å². The molecule has 3 heterocycles. The first-order valence-electron chi connectivity index (χ1n) is 10.9. The lowest BCUT2D eigenvalue weighted by Crippen LogP contribution is -2.26. The largest absolute Gasteiger partial charge is 0.439 e. The molecule has 0 fully saturated rings. The van der Waals surface area contributed by atoms with E-state index in [1.807, 2.05) is 6.92 Å². The van der Waals surface area contributed by atoms with Crippen molar-refractivity contribution in [2.45, 2.75) is 45.2 Å². The Morgan fingerprint density at radius 2 is 2.06 bits per heavy atom. The highest BCUT2D eigenvalue weighted by Crippen LogP contribution is 2.40. The minimum atomic E-state index is -4.54. The van der Waals surface area contributed by atoms with Crippen molar-refractivity contribution < 1.29 is 22.4 Å². The van der Waals surface area contributed by atoms with Crippen LogP contribution >= 0.6 is 0 Å². The molecule has 176 valence electrons. The molecular weight excluding hydrogens is 447 g/mol. The van der Waals surface area contributed by atoms with Crippen LogP contribution in [-0.4, -0.2) is 32.7 Å². The Morgan fingerprint density at radius 3 is 2.82 bits per heavy atom. The number of hydrogen-bond acceptors (Lipinski definition) is 5. The molecule has 0 aliphatic heterocycles. The molecule has 0 saturated carbocycles. The summed E-state index contributed by atoms with van der Waals surface area (Å²) in [5, 5.41) is 3.96. The van der Waals surface area contributed by atoms with Crippen molar-refractivity contribution in [3.8, 4) is 5.69 Å². The fraction of sp³-hybridized carbons (Fsp3) is 0.333. The Hall–Kier alpha value is -3.69. The maximum atomic E-state index is 13.7. The van der Waals surface area contributed by atoms with Gasteiger partial charge in [0.05, 0.1) is 23.3 Å². The molecule has 7 nitrogen and oxygen atoms in total. The summed E-state index contributed by atoms with van der Waals surface area (Å²) in [6.07, 6.45) is -1.20. The number of amides is 1. The predicted molar refractivity (Wildman–Crippen MR) is 119 cm³/mol. The van der Waals surface area contributed by atoms with Gasteiger partial charge in [0.1, 0.15) is 0 Å². The number of alkyl halides is 3. The number of pyridine rings is 1. The predicted octanol–water partition coefficient (Wildman–Crippen LogP) is 5.45. The first kappa shape index (κ1) is 22.1. The third-order valence-corrected chi connectivity index (χ3v) is 6.19. The van der Waals surface area contributed by atoms with Crippen molar-refractivity contribution >= 4 is 22.8 Å². The van der Waals surface area contributed by atoms with Gasteiger partial charge in [-0.25, -0.2) is 9.67 Å². The first-order valence-corrected chi connectivity index (χ1v) is 10.9. The van der Waals surface area contributed by atoms with E-state index in [4.69, 9.17) is 4.42 Å². The number of benzene rings is 1. The summed E-state index contributed by atoms with van der Waals surface area (Å²) in [7, 11) is 1.60. The summed E-state index contributed by atoms with van der Waals surface area (Å²) in [5.41, 5.74) is 2.11. The third-order valence-electron chi connectivity index (χ3n) is 6.19. The van der Waals surface area contributed by atoms with Gasteiger partial charge in [0.2, 0.25) is 0 Å². The monoisotopic (exact) mass is 469 g/mol. The summed E-state index contributed by atoms with van der Waals surface area (Å²) in [4.78, 5) is 23.0. The molecule has 1 aromatic carbocycles. The van der Waals surface area contributed by atoms with Crippen molar-refractivity contribution in [2.75, 3.05) is 11.9 Å². The molecule has 1 aliphatic rings. The Kier molecular flexibility index (Phi) is 5.18. The van der Waals surface area contributed by atoms with Crippen molar-refractivity contribution in [2.24, 2.45) is 0 Å². The van der Waals surface area contributed by atoms with Crippen LogP contribution in [0.2, 0.25) is 0 Å². The van der Waals surface area contributed by atoms with E-state index in [1.165, 1.54) is 15.8 Å². The molecule has 10 heteroatoms. The van der Waals surface area contributed by atoms with Crippen LogP contribution in [0.4, 0.5) is 18.9 Å². The van der Waals surface area contributed by atoms with Gasteiger partial charge in [-0.15, -0.1) is 0 Å². The second-order valence-electron chi connectivity index (χ2n) is 8.58. The number of carbonyl (C=O) groups excluding carboxylic acids is 1. The second kappa shape index (κ2) is 7.96. The number of aromatic nitrogens is 4. The van der Waals surface area contributed by atoms with E-state index in [0.29, 0.717) is 52.6 Å². The van der Waals surface area contributed by atoms with E-state index in [9.17, 15) is 18.0 Å². The standard InChI is InChI=1S/C24H22F3N5O2/c1-13-6-4-9-18-20(13)32(30-21(18)24(25,26)27)16-8-5-7-15(10-16)23(33)31(3)17-11-19-22(28-12-17)29-14(2)34-19/h5,7-8,10-13H,4,6,9H2,1-3H3. The summed E-state index contributed by atoms with van der Waals surface area (Å²) in [5.74, 6) is 0.0539. The Bertz CT molecular complexity index is 1410. The number of aryl methyl sites for hydroxylation is 1. The van der Waals surface area contributed by atoms with Gasteiger partial charge < -0.3 is 9.32 Å². The van der Waals surface area contributed by atoms with Gasteiger partial charge in [0.15, 0.2) is 22.8 Å². The molecule has 4 aromatic rings. The average molecular weight is 469 g/mol. The van der Waals surface area contributed by atoms with Gasteiger partial charge in [-0.1, -0.05) is 13.0 Å². The van der Waals surface area contributed by atoms with E-state index in [1.54, 1.807) is 44.3 Å². The van der Waals surface area contributed by atoms with E-state index in [0.717, 1.165) is 6.42 Å². The van der Waals surface area contributed by atoms with Gasteiger partial charge in [-0.05, 0) is 43.4 Å². The molecule has 0 bridgehead atoms.